The summed E-state index contributed by atoms with van der Waals surface area (Å²) in [5, 5.41) is -0.0195. The first-order valence-electron chi connectivity index (χ1n) is 6.58. The van der Waals surface area contributed by atoms with Crippen LogP contribution in [0.15, 0.2) is 12.1 Å². The van der Waals surface area contributed by atoms with E-state index in [-0.39, 0.29) is 10.8 Å². The van der Waals surface area contributed by atoms with Crippen LogP contribution in [-0.4, -0.2) is 35.8 Å². The molecular weight excluding hydrogens is 308 g/mol. The van der Waals surface area contributed by atoms with Gasteiger partial charge in [-0.15, -0.1) is 0 Å². The molecule has 1 aromatic carbocycles. The van der Waals surface area contributed by atoms with Gasteiger partial charge in [0.25, 0.3) is 0 Å². The Bertz CT molecular complexity index is 726. The van der Waals surface area contributed by atoms with Crippen LogP contribution in [0.3, 0.4) is 0 Å². The number of carbonyl (C=O) groups is 1. The molecule has 2 aromatic rings. The van der Waals surface area contributed by atoms with Gasteiger partial charge in [0.1, 0.15) is 5.60 Å². The molecule has 118 valence electrons. The summed E-state index contributed by atoms with van der Waals surface area (Å²) in [6.07, 6.45) is 0. The number of rotatable bonds is 3. The van der Waals surface area contributed by atoms with Crippen molar-refractivity contribution >= 4 is 28.6 Å². The van der Waals surface area contributed by atoms with Crippen molar-refractivity contribution in [2.24, 2.45) is 0 Å². The fourth-order valence-electron chi connectivity index (χ4n) is 1.82. The average molecular weight is 325 g/mol. The van der Waals surface area contributed by atoms with E-state index in [1.165, 1.54) is 14.2 Å². The second kappa shape index (κ2) is 5.96. The molecule has 0 saturated carbocycles. The van der Waals surface area contributed by atoms with E-state index in [0.29, 0.717) is 22.5 Å². The smallest absolute Gasteiger partial charge is 0.360 e. The van der Waals surface area contributed by atoms with Crippen molar-refractivity contribution in [3.05, 3.63) is 23.0 Å². The van der Waals surface area contributed by atoms with Gasteiger partial charge in [0.15, 0.2) is 22.3 Å². The molecule has 6 nitrogen and oxygen atoms in total. The highest BCUT2D eigenvalue weighted by atomic mass is 35.5. The fraction of sp³-hybridized carbons (Fsp3) is 0.400. The molecule has 22 heavy (non-hydrogen) atoms. The zero-order chi connectivity index (χ0) is 16.5. The summed E-state index contributed by atoms with van der Waals surface area (Å²) in [6.45, 7) is 5.30. The summed E-state index contributed by atoms with van der Waals surface area (Å²) in [7, 11) is 3.04. The maximum atomic E-state index is 12.1. The van der Waals surface area contributed by atoms with E-state index in [4.69, 9.17) is 25.8 Å². The van der Waals surface area contributed by atoms with E-state index in [1.54, 1.807) is 32.9 Å². The summed E-state index contributed by atoms with van der Waals surface area (Å²) in [4.78, 5) is 20.6. The number of hydrogen-bond acceptors (Lipinski definition) is 6. The molecule has 0 aliphatic heterocycles. The van der Waals surface area contributed by atoms with Gasteiger partial charge in [0.2, 0.25) is 0 Å². The monoisotopic (exact) mass is 324 g/mol. The molecule has 1 heterocycles. The number of benzene rings is 1. The van der Waals surface area contributed by atoms with Crippen molar-refractivity contribution in [1.82, 2.24) is 9.97 Å². The summed E-state index contributed by atoms with van der Waals surface area (Å²) >= 11 is 6.05. The standard InChI is InChI=1S/C15H17ClN2O4/c1-15(2,3)22-14(19)12-13(16)18-9-7-11(21-5)10(20-4)6-8(9)17-12/h6-7H,1-5H3. The largest absolute Gasteiger partial charge is 0.493 e. The van der Waals surface area contributed by atoms with Crippen LogP contribution in [0.2, 0.25) is 5.15 Å². The highest BCUT2D eigenvalue weighted by Gasteiger charge is 2.23. The van der Waals surface area contributed by atoms with Gasteiger partial charge in [0, 0.05) is 12.1 Å². The molecular formula is C15H17ClN2O4. The van der Waals surface area contributed by atoms with E-state index >= 15 is 0 Å². The van der Waals surface area contributed by atoms with E-state index in [9.17, 15) is 4.79 Å². The van der Waals surface area contributed by atoms with E-state index < -0.39 is 11.6 Å². The number of carbonyl (C=O) groups excluding carboxylic acids is 1. The van der Waals surface area contributed by atoms with Crippen LogP contribution < -0.4 is 9.47 Å². The Labute approximate surface area is 133 Å². The first-order chi connectivity index (χ1) is 10.2. The topological polar surface area (TPSA) is 70.5 Å². The molecule has 1 aromatic heterocycles. The normalized spacial score (nSPS) is 11.4. The Morgan fingerprint density at radius 1 is 1.05 bits per heavy atom. The minimum Gasteiger partial charge on any atom is -0.493 e. The van der Waals surface area contributed by atoms with Crippen molar-refractivity contribution in [3.8, 4) is 11.5 Å². The lowest BCUT2D eigenvalue weighted by atomic mass is 10.2. The van der Waals surface area contributed by atoms with Crippen LogP contribution >= 0.6 is 11.6 Å². The van der Waals surface area contributed by atoms with Gasteiger partial charge in [-0.05, 0) is 20.8 Å². The highest BCUT2D eigenvalue weighted by Crippen LogP contribution is 2.31. The van der Waals surface area contributed by atoms with Crippen LogP contribution in [0, 0.1) is 0 Å². The van der Waals surface area contributed by atoms with Crippen molar-refractivity contribution < 1.29 is 19.0 Å². The maximum absolute atomic E-state index is 12.1. The second-order valence-electron chi connectivity index (χ2n) is 5.56. The first-order valence-corrected chi connectivity index (χ1v) is 6.95. The minimum atomic E-state index is -0.644. The van der Waals surface area contributed by atoms with Crippen LogP contribution in [0.5, 0.6) is 11.5 Å². The third kappa shape index (κ3) is 3.39. The molecule has 0 radical (unpaired) electrons. The lowest BCUT2D eigenvalue weighted by Crippen LogP contribution is -2.24. The third-order valence-electron chi connectivity index (χ3n) is 2.72. The predicted octanol–water partition coefficient (Wildman–Crippen LogP) is 3.26. The number of ether oxygens (including phenoxy) is 3. The first kappa shape index (κ1) is 16.3. The molecule has 0 bridgehead atoms. The molecule has 0 unspecified atom stereocenters. The number of methoxy groups -OCH3 is 2. The summed E-state index contributed by atoms with van der Waals surface area (Å²) in [6, 6.07) is 3.28. The molecule has 0 aliphatic carbocycles. The van der Waals surface area contributed by atoms with E-state index in [0.717, 1.165) is 0 Å². The predicted molar refractivity (Wildman–Crippen MR) is 82.8 cm³/mol. The van der Waals surface area contributed by atoms with Gasteiger partial charge in [-0.3, -0.25) is 0 Å². The van der Waals surface area contributed by atoms with Crippen LogP contribution in [0.25, 0.3) is 11.0 Å². The lowest BCUT2D eigenvalue weighted by Gasteiger charge is -2.19. The van der Waals surface area contributed by atoms with Gasteiger partial charge >= 0.3 is 5.97 Å². The molecule has 0 atom stereocenters. The molecule has 0 amide bonds. The number of nitrogens with zero attached hydrogens (tertiary/aromatic N) is 2. The molecule has 0 N–H and O–H groups in total. The van der Waals surface area contributed by atoms with Crippen LogP contribution in [0.4, 0.5) is 0 Å². The average Bonchev–Trinajstić information content (AvgIpc) is 2.43. The second-order valence-corrected chi connectivity index (χ2v) is 5.92. The Kier molecular flexibility index (Phi) is 4.42. The molecule has 7 heteroatoms. The number of hydrogen-bond donors (Lipinski definition) is 0. The number of aromatic nitrogens is 2. The summed E-state index contributed by atoms with van der Waals surface area (Å²) in [5.41, 5.74) is 0.281. The maximum Gasteiger partial charge on any atom is 0.360 e. The van der Waals surface area contributed by atoms with Crippen molar-refractivity contribution in [2.75, 3.05) is 14.2 Å². The lowest BCUT2D eigenvalue weighted by molar-refractivity contribution is 0.00631. The quantitative estimate of drug-likeness (QED) is 0.807. The highest BCUT2D eigenvalue weighted by molar-refractivity contribution is 6.32. The zero-order valence-electron chi connectivity index (χ0n) is 13.1. The number of esters is 1. The SMILES string of the molecule is COc1cc2nc(Cl)c(C(=O)OC(C)(C)C)nc2cc1OC. The fourth-order valence-corrected chi connectivity index (χ4v) is 2.03. The van der Waals surface area contributed by atoms with E-state index in [2.05, 4.69) is 9.97 Å². The molecule has 0 spiro atoms. The zero-order valence-corrected chi connectivity index (χ0v) is 13.8. The van der Waals surface area contributed by atoms with Gasteiger partial charge < -0.3 is 14.2 Å². The molecule has 2 rings (SSSR count). The minimum absolute atomic E-state index is 0.0195. The van der Waals surface area contributed by atoms with Gasteiger partial charge in [-0.2, -0.15) is 0 Å². The van der Waals surface area contributed by atoms with Crippen molar-refractivity contribution in [3.63, 3.8) is 0 Å². The Balaban J connectivity index is 2.54. The van der Waals surface area contributed by atoms with Gasteiger partial charge in [-0.25, -0.2) is 14.8 Å². The summed E-state index contributed by atoms with van der Waals surface area (Å²) in [5.74, 6) is 0.369. The van der Waals surface area contributed by atoms with Crippen molar-refractivity contribution in [2.45, 2.75) is 26.4 Å². The van der Waals surface area contributed by atoms with E-state index in [1.807, 2.05) is 0 Å². The summed E-state index contributed by atoms with van der Waals surface area (Å²) < 4.78 is 15.7. The van der Waals surface area contributed by atoms with Crippen LogP contribution in [-0.2, 0) is 4.74 Å². The van der Waals surface area contributed by atoms with Gasteiger partial charge in [0.05, 0.1) is 25.3 Å². The third-order valence-corrected chi connectivity index (χ3v) is 2.98. The Morgan fingerprint density at radius 2 is 1.55 bits per heavy atom. The Hall–Kier alpha value is -2.08. The van der Waals surface area contributed by atoms with Crippen LogP contribution in [0.1, 0.15) is 31.3 Å². The van der Waals surface area contributed by atoms with Crippen molar-refractivity contribution in [1.29, 1.82) is 0 Å². The molecule has 0 saturated heterocycles. The van der Waals surface area contributed by atoms with Gasteiger partial charge in [-0.1, -0.05) is 11.6 Å². The Morgan fingerprint density at radius 3 is 2.00 bits per heavy atom. The number of halogens is 1. The molecule has 0 fully saturated rings. The number of fused-ring (bicyclic) bond motifs is 1. The molecule has 0 aliphatic rings.